The first-order valence-corrected chi connectivity index (χ1v) is 8.04. The minimum atomic E-state index is 0.206. The van der Waals surface area contributed by atoms with Crippen LogP contribution in [0, 0.1) is 0 Å². The third-order valence-corrected chi connectivity index (χ3v) is 4.35. The van der Waals surface area contributed by atoms with Gasteiger partial charge in [0.25, 0.3) is 0 Å². The minimum absolute atomic E-state index is 0.206. The molecule has 0 spiro atoms. The summed E-state index contributed by atoms with van der Waals surface area (Å²) in [7, 11) is 0. The first-order valence-electron chi connectivity index (χ1n) is 7.25. The first-order chi connectivity index (χ1) is 11.2. The van der Waals surface area contributed by atoms with E-state index in [4.69, 9.17) is 0 Å². The van der Waals surface area contributed by atoms with E-state index in [9.17, 15) is 5.11 Å². The van der Waals surface area contributed by atoms with E-state index >= 15 is 0 Å². The summed E-state index contributed by atoms with van der Waals surface area (Å²) >= 11 is 3.42. The second-order valence-corrected chi connectivity index (χ2v) is 6.21. The third kappa shape index (κ3) is 2.41. The van der Waals surface area contributed by atoms with E-state index in [1.165, 1.54) is 10.8 Å². The molecule has 4 rings (SSSR count). The van der Waals surface area contributed by atoms with Crippen molar-refractivity contribution in [3.63, 3.8) is 0 Å². The van der Waals surface area contributed by atoms with Gasteiger partial charge in [-0.1, -0.05) is 52.3 Å². The lowest BCUT2D eigenvalue weighted by atomic mass is 10.2. The topological polar surface area (TPSA) is 37.5 Å². The molecule has 0 atom stereocenters. The van der Waals surface area contributed by atoms with E-state index in [2.05, 4.69) is 33.2 Å². The number of aromatic hydroxyl groups is 1. The average Bonchev–Trinajstić information content (AvgIpc) is 2.90. The second kappa shape index (κ2) is 5.56. The highest BCUT2D eigenvalue weighted by atomic mass is 79.9. The van der Waals surface area contributed by atoms with Gasteiger partial charge in [0.05, 0.1) is 17.2 Å². The van der Waals surface area contributed by atoms with Crippen LogP contribution >= 0.6 is 15.9 Å². The predicted molar refractivity (Wildman–Crippen MR) is 98.2 cm³/mol. The highest BCUT2D eigenvalue weighted by Crippen LogP contribution is 2.28. The Morgan fingerprint density at radius 2 is 1.48 bits per heavy atom. The number of benzene rings is 3. The number of aromatic nitrogens is 1. The Hall–Kier alpha value is -2.59. The fourth-order valence-corrected chi connectivity index (χ4v) is 3.15. The van der Waals surface area contributed by atoms with Gasteiger partial charge in [0, 0.05) is 20.8 Å². The number of phenols is 1. The van der Waals surface area contributed by atoms with Crippen molar-refractivity contribution in [1.82, 2.24) is 4.68 Å². The van der Waals surface area contributed by atoms with Crippen LogP contribution in [0.3, 0.4) is 0 Å². The van der Waals surface area contributed by atoms with E-state index < -0.39 is 0 Å². The fraction of sp³-hybridized carbons (Fsp3) is 0. The lowest BCUT2D eigenvalue weighted by Gasteiger charge is -2.02. The Bertz CT molecular complexity index is 997. The zero-order valence-corrected chi connectivity index (χ0v) is 13.7. The van der Waals surface area contributed by atoms with Gasteiger partial charge in [-0.05, 0) is 30.3 Å². The molecule has 0 saturated heterocycles. The molecule has 0 bridgehead atoms. The van der Waals surface area contributed by atoms with Crippen molar-refractivity contribution in [3.05, 3.63) is 76.8 Å². The van der Waals surface area contributed by atoms with E-state index in [0.29, 0.717) is 5.56 Å². The van der Waals surface area contributed by atoms with Crippen molar-refractivity contribution in [1.29, 1.82) is 0 Å². The van der Waals surface area contributed by atoms with Crippen LogP contribution in [0.4, 0.5) is 0 Å². The van der Waals surface area contributed by atoms with Gasteiger partial charge in [-0.3, -0.25) is 0 Å². The van der Waals surface area contributed by atoms with E-state index in [1.54, 1.807) is 18.3 Å². The van der Waals surface area contributed by atoms with Crippen LogP contribution in [0.1, 0.15) is 5.56 Å². The third-order valence-electron chi connectivity index (χ3n) is 3.86. The molecule has 1 heterocycles. The van der Waals surface area contributed by atoms with Crippen molar-refractivity contribution in [3.8, 4) is 5.75 Å². The maximum Gasteiger partial charge on any atom is 0.124 e. The molecular weight excluding hydrogens is 352 g/mol. The summed E-state index contributed by atoms with van der Waals surface area (Å²) in [6, 6.07) is 21.7. The maximum absolute atomic E-state index is 9.97. The molecule has 4 aromatic rings. The number of rotatable bonds is 2. The number of hydrogen-bond acceptors (Lipinski definition) is 2. The van der Waals surface area contributed by atoms with Crippen LogP contribution in [-0.4, -0.2) is 16.0 Å². The molecule has 0 aliphatic heterocycles. The molecule has 3 aromatic carbocycles. The first kappa shape index (κ1) is 14.0. The van der Waals surface area contributed by atoms with Gasteiger partial charge in [0.15, 0.2) is 0 Å². The number of halogens is 1. The van der Waals surface area contributed by atoms with Crippen LogP contribution in [0.15, 0.2) is 76.3 Å². The van der Waals surface area contributed by atoms with Crippen LogP contribution in [0.5, 0.6) is 5.75 Å². The standard InChI is InChI=1S/C19H13BrN2O/c20-14-9-10-19(23)13(11-14)12-21-22-17-7-3-1-5-15(17)16-6-2-4-8-18(16)22/h1-12,23H/b21-12+. The smallest absolute Gasteiger partial charge is 0.124 e. The van der Waals surface area contributed by atoms with Gasteiger partial charge >= 0.3 is 0 Å². The monoisotopic (exact) mass is 364 g/mol. The fourth-order valence-electron chi connectivity index (χ4n) is 2.78. The summed E-state index contributed by atoms with van der Waals surface area (Å²) < 4.78 is 2.81. The molecule has 1 N–H and O–H groups in total. The van der Waals surface area contributed by atoms with Crippen LogP contribution < -0.4 is 0 Å². The Morgan fingerprint density at radius 3 is 2.13 bits per heavy atom. The van der Waals surface area contributed by atoms with Gasteiger partial charge in [-0.2, -0.15) is 5.10 Å². The molecule has 0 radical (unpaired) electrons. The lowest BCUT2D eigenvalue weighted by Crippen LogP contribution is -1.91. The molecule has 1 aromatic heterocycles. The highest BCUT2D eigenvalue weighted by molar-refractivity contribution is 9.10. The quantitative estimate of drug-likeness (QED) is 0.491. The van der Waals surface area contributed by atoms with Crippen molar-refractivity contribution >= 4 is 44.0 Å². The minimum Gasteiger partial charge on any atom is -0.507 e. The molecule has 0 aliphatic carbocycles. The second-order valence-electron chi connectivity index (χ2n) is 5.29. The summed E-state index contributed by atoms with van der Waals surface area (Å²) in [5.41, 5.74) is 2.75. The van der Waals surface area contributed by atoms with Crippen molar-refractivity contribution < 1.29 is 5.11 Å². The van der Waals surface area contributed by atoms with Gasteiger partial charge in [0.2, 0.25) is 0 Å². The average molecular weight is 365 g/mol. The molecule has 4 heteroatoms. The lowest BCUT2D eigenvalue weighted by molar-refractivity contribution is 0.474. The summed E-state index contributed by atoms with van der Waals surface area (Å²) in [5.74, 6) is 0.206. The molecule has 0 amide bonds. The Morgan fingerprint density at radius 1 is 0.870 bits per heavy atom. The number of fused-ring (bicyclic) bond motifs is 3. The summed E-state index contributed by atoms with van der Waals surface area (Å²) in [6.45, 7) is 0. The maximum atomic E-state index is 9.97. The van der Waals surface area contributed by atoms with E-state index in [0.717, 1.165) is 15.5 Å². The van der Waals surface area contributed by atoms with E-state index in [-0.39, 0.29) is 5.75 Å². The number of hydrogen-bond donors (Lipinski definition) is 1. The Balaban J connectivity index is 1.94. The zero-order valence-electron chi connectivity index (χ0n) is 12.1. The van der Waals surface area contributed by atoms with Gasteiger partial charge < -0.3 is 5.11 Å². The highest BCUT2D eigenvalue weighted by Gasteiger charge is 2.08. The zero-order chi connectivity index (χ0) is 15.8. The summed E-state index contributed by atoms with van der Waals surface area (Å²) in [4.78, 5) is 0. The number of phenolic OH excluding ortho intramolecular Hbond substituents is 1. The predicted octanol–water partition coefficient (Wildman–Crippen LogP) is 5.14. The van der Waals surface area contributed by atoms with Gasteiger partial charge in [-0.15, -0.1) is 0 Å². The molecule has 0 saturated carbocycles. The summed E-state index contributed by atoms with van der Waals surface area (Å²) in [6.07, 6.45) is 1.68. The summed E-state index contributed by atoms with van der Waals surface area (Å²) in [5, 5.41) is 16.9. The van der Waals surface area contributed by atoms with E-state index in [1.807, 2.05) is 47.1 Å². The molecule has 0 fully saturated rings. The largest absolute Gasteiger partial charge is 0.507 e. The van der Waals surface area contributed by atoms with Crippen LogP contribution in [-0.2, 0) is 0 Å². The molecular formula is C19H13BrN2O. The molecule has 0 unspecified atom stereocenters. The molecule has 23 heavy (non-hydrogen) atoms. The Labute approximate surface area is 141 Å². The van der Waals surface area contributed by atoms with Gasteiger partial charge in [-0.25, -0.2) is 4.68 Å². The molecule has 3 nitrogen and oxygen atoms in total. The van der Waals surface area contributed by atoms with Crippen LogP contribution in [0.2, 0.25) is 0 Å². The van der Waals surface area contributed by atoms with Gasteiger partial charge in [0.1, 0.15) is 5.75 Å². The number of nitrogens with zero attached hydrogens (tertiary/aromatic N) is 2. The van der Waals surface area contributed by atoms with Crippen LogP contribution in [0.25, 0.3) is 21.8 Å². The Kier molecular flexibility index (Phi) is 3.39. The normalized spacial score (nSPS) is 11.7. The SMILES string of the molecule is Oc1ccc(Br)cc1/C=N/n1c2ccccc2c2ccccc21. The van der Waals surface area contributed by atoms with Crippen molar-refractivity contribution in [2.45, 2.75) is 0 Å². The number of para-hydroxylation sites is 2. The van der Waals surface area contributed by atoms with Crippen molar-refractivity contribution in [2.24, 2.45) is 5.10 Å². The van der Waals surface area contributed by atoms with Crippen molar-refractivity contribution in [2.75, 3.05) is 0 Å². The molecule has 112 valence electrons. The molecule has 0 aliphatic rings.